The number of benzene rings is 1. The molecule has 0 aromatic heterocycles. The molecule has 0 radical (unpaired) electrons. The maximum Gasteiger partial charge on any atom is 0.320 e. The van der Waals surface area contributed by atoms with Gasteiger partial charge in [0.15, 0.2) is 0 Å². The topological polar surface area (TPSA) is 70.8 Å². The Kier molecular flexibility index (Phi) is 4.78. The van der Waals surface area contributed by atoms with Gasteiger partial charge in [-0.05, 0) is 24.6 Å². The number of hydrogen-bond acceptors (Lipinski definition) is 5. The molecule has 0 aliphatic heterocycles. The lowest BCUT2D eigenvalue weighted by molar-refractivity contribution is -0.143. The molecule has 1 rings (SSSR count). The molecule has 0 amide bonds. The van der Waals surface area contributed by atoms with E-state index in [1.165, 1.54) is 0 Å². The molecule has 5 nitrogen and oxygen atoms in total. The normalized spacial score (nSPS) is 9.88. The first-order chi connectivity index (χ1) is 8.12. The first kappa shape index (κ1) is 13.3. The second kappa shape index (κ2) is 6.10. The van der Waals surface area contributed by atoms with E-state index in [-0.39, 0.29) is 13.2 Å². The van der Waals surface area contributed by atoms with Gasteiger partial charge in [-0.25, -0.2) is 0 Å². The smallest absolute Gasteiger partial charge is 0.320 e. The van der Waals surface area contributed by atoms with Gasteiger partial charge in [-0.1, -0.05) is 0 Å². The Morgan fingerprint density at radius 2 is 1.88 bits per heavy atom. The molecule has 0 saturated carbocycles. The first-order valence-corrected chi connectivity index (χ1v) is 5.19. The number of esters is 1. The van der Waals surface area contributed by atoms with E-state index in [0.717, 1.165) is 16.9 Å². The van der Waals surface area contributed by atoms with Gasteiger partial charge in [0.2, 0.25) is 0 Å². The fourth-order valence-electron chi connectivity index (χ4n) is 1.44. The maximum absolute atomic E-state index is 11.0. The molecule has 0 atom stereocenters. The zero-order chi connectivity index (χ0) is 12.8. The third-order valence-corrected chi connectivity index (χ3v) is 2.35. The van der Waals surface area contributed by atoms with Crippen LogP contribution < -0.4 is 15.2 Å². The molecule has 0 aliphatic carbocycles. The van der Waals surface area contributed by atoms with Crippen molar-refractivity contribution in [3.05, 3.63) is 23.3 Å². The Balaban J connectivity index is 2.92. The molecule has 2 N–H and O–H groups in total. The summed E-state index contributed by atoms with van der Waals surface area (Å²) < 4.78 is 15.4. The highest BCUT2D eigenvalue weighted by molar-refractivity contribution is 5.71. The van der Waals surface area contributed by atoms with Gasteiger partial charge in [0, 0.05) is 5.56 Å². The number of rotatable bonds is 5. The van der Waals surface area contributed by atoms with E-state index in [0.29, 0.717) is 5.75 Å². The summed E-state index contributed by atoms with van der Waals surface area (Å²) >= 11 is 0. The summed E-state index contributed by atoms with van der Waals surface area (Å²) in [6.07, 6.45) is 0. The highest BCUT2D eigenvalue weighted by atomic mass is 16.5. The minimum atomic E-state index is -0.452. The van der Waals surface area contributed by atoms with Crippen molar-refractivity contribution in [1.29, 1.82) is 0 Å². The van der Waals surface area contributed by atoms with Gasteiger partial charge in [0.25, 0.3) is 0 Å². The number of carbonyl (C=O) groups excluding carboxylic acids is 1. The Morgan fingerprint density at radius 3 is 2.41 bits per heavy atom. The van der Waals surface area contributed by atoms with Gasteiger partial charge in [0.1, 0.15) is 18.1 Å². The SMILES string of the molecule is COc1cc(COC(=O)CN)c(OC)cc1C. The molecule has 0 saturated heterocycles. The molecular weight excluding hydrogens is 222 g/mol. The molecule has 0 fully saturated rings. The highest BCUT2D eigenvalue weighted by Crippen LogP contribution is 2.28. The summed E-state index contributed by atoms with van der Waals surface area (Å²) in [6, 6.07) is 3.63. The molecule has 0 aliphatic rings. The van der Waals surface area contributed by atoms with E-state index in [1.54, 1.807) is 20.3 Å². The molecule has 1 aromatic rings. The third-order valence-electron chi connectivity index (χ3n) is 2.35. The van der Waals surface area contributed by atoms with E-state index in [4.69, 9.17) is 19.9 Å². The second-order valence-electron chi connectivity index (χ2n) is 3.50. The van der Waals surface area contributed by atoms with Crippen LogP contribution in [0.3, 0.4) is 0 Å². The predicted octanol–water partition coefficient (Wildman–Crippen LogP) is 1.01. The Bertz CT molecular complexity index is 404. The lowest BCUT2D eigenvalue weighted by Gasteiger charge is -2.13. The van der Waals surface area contributed by atoms with Gasteiger partial charge in [-0.15, -0.1) is 0 Å². The van der Waals surface area contributed by atoms with E-state index < -0.39 is 5.97 Å². The summed E-state index contributed by atoms with van der Waals surface area (Å²) in [5.41, 5.74) is 6.86. The standard InChI is InChI=1S/C12H17NO4/c1-8-4-11(16-3)9(5-10(8)15-2)7-17-12(14)6-13/h4-5H,6-7,13H2,1-3H3. The quantitative estimate of drug-likeness (QED) is 0.776. The van der Waals surface area contributed by atoms with Crippen LogP contribution in [-0.2, 0) is 16.1 Å². The zero-order valence-electron chi connectivity index (χ0n) is 10.3. The molecule has 1 aromatic carbocycles. The summed E-state index contributed by atoms with van der Waals surface area (Å²) in [5, 5.41) is 0. The number of nitrogens with two attached hydrogens (primary N) is 1. The molecule has 0 spiro atoms. The van der Waals surface area contributed by atoms with Crippen LogP contribution in [0.4, 0.5) is 0 Å². The van der Waals surface area contributed by atoms with Crippen molar-refractivity contribution < 1.29 is 19.0 Å². The average Bonchev–Trinajstić information content (AvgIpc) is 2.36. The fourth-order valence-corrected chi connectivity index (χ4v) is 1.44. The van der Waals surface area contributed by atoms with Crippen LogP contribution in [0.25, 0.3) is 0 Å². The van der Waals surface area contributed by atoms with Gasteiger partial charge in [-0.2, -0.15) is 0 Å². The van der Waals surface area contributed by atoms with Crippen LogP contribution in [0.15, 0.2) is 12.1 Å². The highest BCUT2D eigenvalue weighted by Gasteiger charge is 2.10. The minimum Gasteiger partial charge on any atom is -0.496 e. The van der Waals surface area contributed by atoms with E-state index in [2.05, 4.69) is 0 Å². The lowest BCUT2D eigenvalue weighted by Crippen LogP contribution is -2.16. The Hall–Kier alpha value is -1.75. The van der Waals surface area contributed by atoms with Crippen LogP contribution in [0, 0.1) is 6.92 Å². The molecule has 0 bridgehead atoms. The van der Waals surface area contributed by atoms with Gasteiger partial charge in [-0.3, -0.25) is 4.79 Å². The van der Waals surface area contributed by atoms with E-state index >= 15 is 0 Å². The van der Waals surface area contributed by atoms with Crippen molar-refractivity contribution in [2.24, 2.45) is 5.73 Å². The Labute approximate surface area is 100 Å². The number of ether oxygens (including phenoxy) is 3. The molecular formula is C12H17NO4. The first-order valence-electron chi connectivity index (χ1n) is 5.19. The lowest BCUT2D eigenvalue weighted by atomic mass is 10.1. The van der Waals surface area contributed by atoms with Crippen LogP contribution in [-0.4, -0.2) is 26.7 Å². The minimum absolute atomic E-state index is 0.121. The number of methoxy groups -OCH3 is 2. The van der Waals surface area contributed by atoms with Crippen molar-refractivity contribution in [3.63, 3.8) is 0 Å². The zero-order valence-corrected chi connectivity index (χ0v) is 10.3. The monoisotopic (exact) mass is 239 g/mol. The van der Waals surface area contributed by atoms with Crippen LogP contribution in [0.2, 0.25) is 0 Å². The number of carbonyl (C=O) groups is 1. The third kappa shape index (κ3) is 3.35. The average molecular weight is 239 g/mol. The molecule has 5 heteroatoms. The van der Waals surface area contributed by atoms with Gasteiger partial charge in [0.05, 0.1) is 20.8 Å². The second-order valence-corrected chi connectivity index (χ2v) is 3.50. The van der Waals surface area contributed by atoms with E-state index in [1.807, 2.05) is 13.0 Å². The molecule has 94 valence electrons. The van der Waals surface area contributed by atoms with E-state index in [9.17, 15) is 4.79 Å². The van der Waals surface area contributed by atoms with Crippen LogP contribution in [0.1, 0.15) is 11.1 Å². The predicted molar refractivity (Wildman–Crippen MR) is 63.1 cm³/mol. The van der Waals surface area contributed by atoms with Crippen molar-refractivity contribution in [3.8, 4) is 11.5 Å². The van der Waals surface area contributed by atoms with Gasteiger partial charge < -0.3 is 19.9 Å². The van der Waals surface area contributed by atoms with Gasteiger partial charge >= 0.3 is 5.97 Å². The molecule has 0 heterocycles. The van der Waals surface area contributed by atoms with Crippen LogP contribution in [0.5, 0.6) is 11.5 Å². The summed E-state index contributed by atoms with van der Waals surface area (Å²) in [5.74, 6) is 0.935. The molecule has 0 unspecified atom stereocenters. The summed E-state index contributed by atoms with van der Waals surface area (Å²) in [6.45, 7) is 1.90. The fraction of sp³-hybridized carbons (Fsp3) is 0.417. The molecule has 17 heavy (non-hydrogen) atoms. The van der Waals surface area contributed by atoms with Crippen molar-refractivity contribution in [2.75, 3.05) is 20.8 Å². The summed E-state index contributed by atoms with van der Waals surface area (Å²) in [7, 11) is 3.15. The Morgan fingerprint density at radius 1 is 1.24 bits per heavy atom. The number of aryl methyl sites for hydroxylation is 1. The van der Waals surface area contributed by atoms with Crippen molar-refractivity contribution >= 4 is 5.97 Å². The summed E-state index contributed by atoms with van der Waals surface area (Å²) in [4.78, 5) is 11.0. The van der Waals surface area contributed by atoms with Crippen LogP contribution >= 0.6 is 0 Å². The van der Waals surface area contributed by atoms with Crippen molar-refractivity contribution in [2.45, 2.75) is 13.5 Å². The largest absolute Gasteiger partial charge is 0.496 e. The van der Waals surface area contributed by atoms with Crippen molar-refractivity contribution in [1.82, 2.24) is 0 Å². The maximum atomic E-state index is 11.0. The number of hydrogen-bond donors (Lipinski definition) is 1.